The van der Waals surface area contributed by atoms with E-state index in [-0.39, 0.29) is 18.0 Å². The molecule has 2 saturated heterocycles. The summed E-state index contributed by atoms with van der Waals surface area (Å²) in [5.41, 5.74) is 1.03. The SMILES string of the molecule is CC(C)CC(CNC(=O)Nc1ccccc1C(=O)N1CCOCC1)N1CCOCC1. The van der Waals surface area contributed by atoms with Crippen LogP contribution in [0.25, 0.3) is 0 Å². The third-order valence-corrected chi connectivity index (χ3v) is 5.51. The molecule has 166 valence electrons. The van der Waals surface area contributed by atoms with Gasteiger partial charge in [-0.3, -0.25) is 9.69 Å². The number of morpholine rings is 2. The zero-order valence-corrected chi connectivity index (χ0v) is 18.1. The quantitative estimate of drug-likeness (QED) is 0.708. The van der Waals surface area contributed by atoms with Gasteiger partial charge in [0.2, 0.25) is 0 Å². The van der Waals surface area contributed by atoms with Gasteiger partial charge in [-0.1, -0.05) is 26.0 Å². The highest BCUT2D eigenvalue weighted by molar-refractivity contribution is 6.03. The van der Waals surface area contributed by atoms with Crippen LogP contribution < -0.4 is 10.6 Å². The highest BCUT2D eigenvalue weighted by atomic mass is 16.5. The Kier molecular flexibility index (Phi) is 8.48. The fourth-order valence-corrected chi connectivity index (χ4v) is 3.94. The molecule has 8 nitrogen and oxygen atoms in total. The molecule has 0 radical (unpaired) electrons. The van der Waals surface area contributed by atoms with E-state index in [0.29, 0.717) is 50.0 Å². The lowest BCUT2D eigenvalue weighted by Gasteiger charge is -2.35. The van der Waals surface area contributed by atoms with E-state index in [1.54, 1.807) is 17.0 Å². The molecule has 0 aliphatic carbocycles. The summed E-state index contributed by atoms with van der Waals surface area (Å²) in [4.78, 5) is 29.7. The minimum atomic E-state index is -0.292. The predicted molar refractivity (Wildman–Crippen MR) is 116 cm³/mol. The number of carbonyl (C=O) groups excluding carboxylic acids is 2. The second kappa shape index (κ2) is 11.3. The van der Waals surface area contributed by atoms with Crippen molar-refractivity contribution in [3.63, 3.8) is 0 Å². The smallest absolute Gasteiger partial charge is 0.319 e. The molecule has 3 amide bonds. The van der Waals surface area contributed by atoms with E-state index in [2.05, 4.69) is 29.4 Å². The van der Waals surface area contributed by atoms with Crippen molar-refractivity contribution in [1.82, 2.24) is 15.1 Å². The van der Waals surface area contributed by atoms with Gasteiger partial charge in [0.25, 0.3) is 5.91 Å². The van der Waals surface area contributed by atoms with Crippen molar-refractivity contribution in [3.8, 4) is 0 Å². The van der Waals surface area contributed by atoms with Gasteiger partial charge < -0.3 is 25.0 Å². The number of nitrogens with zero attached hydrogens (tertiary/aromatic N) is 2. The fraction of sp³-hybridized carbons (Fsp3) is 0.636. The molecule has 1 aromatic rings. The summed E-state index contributed by atoms with van der Waals surface area (Å²) < 4.78 is 10.8. The van der Waals surface area contributed by atoms with Crippen molar-refractivity contribution in [1.29, 1.82) is 0 Å². The van der Waals surface area contributed by atoms with Crippen LogP contribution in [0, 0.1) is 5.92 Å². The molecule has 30 heavy (non-hydrogen) atoms. The molecule has 2 heterocycles. The van der Waals surface area contributed by atoms with Crippen LogP contribution in [0.3, 0.4) is 0 Å². The molecule has 1 unspecified atom stereocenters. The van der Waals surface area contributed by atoms with Gasteiger partial charge >= 0.3 is 6.03 Å². The number of urea groups is 1. The molecule has 0 spiro atoms. The van der Waals surface area contributed by atoms with Crippen LogP contribution in [0.15, 0.2) is 24.3 Å². The van der Waals surface area contributed by atoms with Crippen LogP contribution in [0.4, 0.5) is 10.5 Å². The Morgan fingerprint density at radius 1 is 1.00 bits per heavy atom. The standard InChI is InChI=1S/C22H34N4O4/c1-17(2)15-18(25-7-11-29-12-8-25)16-23-22(28)24-20-6-4-3-5-19(20)21(27)26-9-13-30-14-10-26/h3-6,17-18H,7-16H2,1-2H3,(H2,23,24,28). The Hall–Kier alpha value is -2.16. The molecule has 2 N–H and O–H groups in total. The van der Waals surface area contributed by atoms with Crippen molar-refractivity contribution < 1.29 is 19.1 Å². The second-order valence-corrected chi connectivity index (χ2v) is 8.22. The monoisotopic (exact) mass is 418 g/mol. The van der Waals surface area contributed by atoms with Crippen molar-refractivity contribution in [2.75, 3.05) is 64.5 Å². The lowest BCUT2D eigenvalue weighted by atomic mass is 10.0. The first-order valence-electron chi connectivity index (χ1n) is 10.9. The summed E-state index contributed by atoms with van der Waals surface area (Å²) in [7, 11) is 0. The maximum atomic E-state index is 12.9. The van der Waals surface area contributed by atoms with Crippen molar-refractivity contribution in [2.45, 2.75) is 26.3 Å². The van der Waals surface area contributed by atoms with Crippen LogP contribution in [-0.2, 0) is 9.47 Å². The largest absolute Gasteiger partial charge is 0.379 e. The number of ether oxygens (including phenoxy) is 2. The van der Waals surface area contributed by atoms with Gasteiger partial charge in [-0.25, -0.2) is 4.79 Å². The number of benzene rings is 1. The zero-order chi connectivity index (χ0) is 21.3. The Morgan fingerprint density at radius 3 is 2.30 bits per heavy atom. The topological polar surface area (TPSA) is 83.1 Å². The minimum Gasteiger partial charge on any atom is -0.379 e. The summed E-state index contributed by atoms with van der Waals surface area (Å²) in [6, 6.07) is 7.13. The minimum absolute atomic E-state index is 0.0831. The maximum Gasteiger partial charge on any atom is 0.319 e. The molecular formula is C22H34N4O4. The average molecular weight is 419 g/mol. The first-order valence-corrected chi connectivity index (χ1v) is 10.9. The van der Waals surface area contributed by atoms with Crippen LogP contribution in [0.2, 0.25) is 0 Å². The molecule has 0 aromatic heterocycles. The molecule has 3 rings (SSSR count). The third-order valence-electron chi connectivity index (χ3n) is 5.51. The van der Waals surface area contributed by atoms with Crippen LogP contribution >= 0.6 is 0 Å². The number of amides is 3. The van der Waals surface area contributed by atoms with E-state index in [4.69, 9.17) is 9.47 Å². The van der Waals surface area contributed by atoms with Gasteiger partial charge in [0, 0.05) is 38.8 Å². The molecule has 1 atom stereocenters. The van der Waals surface area contributed by atoms with E-state index < -0.39 is 0 Å². The third kappa shape index (κ3) is 6.42. The molecule has 2 fully saturated rings. The first-order chi connectivity index (χ1) is 14.5. The zero-order valence-electron chi connectivity index (χ0n) is 18.1. The van der Waals surface area contributed by atoms with Gasteiger partial charge in [-0.05, 0) is 24.5 Å². The highest BCUT2D eigenvalue weighted by Crippen LogP contribution is 2.18. The van der Waals surface area contributed by atoms with Crippen molar-refractivity contribution in [2.24, 2.45) is 5.92 Å². The lowest BCUT2D eigenvalue weighted by molar-refractivity contribution is 0.0130. The van der Waals surface area contributed by atoms with Crippen LogP contribution in [0.5, 0.6) is 0 Å². The fourth-order valence-electron chi connectivity index (χ4n) is 3.94. The number of carbonyl (C=O) groups is 2. The van der Waals surface area contributed by atoms with Crippen molar-refractivity contribution >= 4 is 17.6 Å². The van der Waals surface area contributed by atoms with E-state index in [0.717, 1.165) is 32.7 Å². The number of nitrogens with one attached hydrogen (secondary N) is 2. The lowest BCUT2D eigenvalue weighted by Crippen LogP contribution is -2.49. The second-order valence-electron chi connectivity index (χ2n) is 8.22. The number of para-hydroxylation sites is 1. The molecule has 2 aliphatic heterocycles. The van der Waals surface area contributed by atoms with E-state index in [1.807, 2.05) is 12.1 Å². The van der Waals surface area contributed by atoms with E-state index in [9.17, 15) is 9.59 Å². The van der Waals surface area contributed by atoms with Gasteiger partial charge in [0.15, 0.2) is 0 Å². The van der Waals surface area contributed by atoms with Gasteiger partial charge in [0.1, 0.15) is 0 Å². The van der Waals surface area contributed by atoms with Crippen molar-refractivity contribution in [3.05, 3.63) is 29.8 Å². The number of hydrogen-bond donors (Lipinski definition) is 2. The Balaban J connectivity index is 1.59. The summed E-state index contributed by atoms with van der Waals surface area (Å²) in [5, 5.41) is 5.87. The first kappa shape index (κ1) is 22.5. The maximum absolute atomic E-state index is 12.9. The Morgan fingerprint density at radius 2 is 1.63 bits per heavy atom. The van der Waals surface area contributed by atoms with Crippen LogP contribution in [-0.4, -0.2) is 86.9 Å². The Bertz CT molecular complexity index is 700. The van der Waals surface area contributed by atoms with E-state index in [1.165, 1.54) is 0 Å². The molecule has 2 aliphatic rings. The number of anilines is 1. The molecular weight excluding hydrogens is 384 g/mol. The van der Waals surface area contributed by atoms with E-state index >= 15 is 0 Å². The molecule has 8 heteroatoms. The molecule has 0 bridgehead atoms. The summed E-state index contributed by atoms with van der Waals surface area (Å²) in [6.07, 6.45) is 1.01. The Labute approximate surface area is 178 Å². The van der Waals surface area contributed by atoms with Gasteiger partial charge in [-0.2, -0.15) is 0 Å². The normalized spacial score (nSPS) is 18.8. The summed E-state index contributed by atoms with van der Waals surface area (Å²) >= 11 is 0. The van der Waals surface area contributed by atoms with Gasteiger partial charge in [-0.15, -0.1) is 0 Å². The number of rotatable bonds is 7. The summed E-state index contributed by atoms with van der Waals surface area (Å²) in [5.74, 6) is 0.453. The van der Waals surface area contributed by atoms with Gasteiger partial charge in [0.05, 0.1) is 37.7 Å². The number of hydrogen-bond acceptors (Lipinski definition) is 5. The predicted octanol–water partition coefficient (Wildman–Crippen LogP) is 2.03. The highest BCUT2D eigenvalue weighted by Gasteiger charge is 2.24. The molecule has 1 aromatic carbocycles. The van der Waals surface area contributed by atoms with Crippen LogP contribution in [0.1, 0.15) is 30.6 Å². The summed E-state index contributed by atoms with van der Waals surface area (Å²) in [6.45, 7) is 10.4. The average Bonchev–Trinajstić information content (AvgIpc) is 2.77. The molecule has 0 saturated carbocycles.